The van der Waals surface area contributed by atoms with E-state index in [0.717, 1.165) is 0 Å². The van der Waals surface area contributed by atoms with Crippen molar-refractivity contribution in [1.82, 2.24) is 4.57 Å². The molecule has 1 atom stereocenters. The van der Waals surface area contributed by atoms with Gasteiger partial charge in [0.05, 0.1) is 53.8 Å². The van der Waals surface area contributed by atoms with Gasteiger partial charge in [-0.25, -0.2) is 14.6 Å². The van der Waals surface area contributed by atoms with Crippen molar-refractivity contribution in [3.8, 4) is 23.0 Å². The average molecular weight is 671 g/mol. The van der Waals surface area contributed by atoms with E-state index in [4.69, 9.17) is 35.3 Å². The molecular weight excluding hydrogens is 636 g/mol. The smallest absolute Gasteiger partial charge is 0.343 e. The van der Waals surface area contributed by atoms with Crippen LogP contribution in [0.1, 0.15) is 44.9 Å². The van der Waals surface area contributed by atoms with E-state index >= 15 is 0 Å². The maximum atomic E-state index is 14.1. The summed E-state index contributed by atoms with van der Waals surface area (Å²) >= 11 is 7.72. The summed E-state index contributed by atoms with van der Waals surface area (Å²) in [6.07, 6.45) is 3.29. The van der Waals surface area contributed by atoms with Gasteiger partial charge in [-0.2, -0.15) is 0 Å². The van der Waals surface area contributed by atoms with Gasteiger partial charge in [0.1, 0.15) is 6.61 Å². The van der Waals surface area contributed by atoms with Crippen molar-refractivity contribution in [1.29, 1.82) is 0 Å². The number of carbonyl (C=O) groups is 2. The van der Waals surface area contributed by atoms with E-state index in [1.54, 1.807) is 63.3 Å². The minimum absolute atomic E-state index is 0.132. The summed E-state index contributed by atoms with van der Waals surface area (Å²) in [5.74, 6) is 0.253. The molecule has 0 N–H and O–H groups in total. The lowest BCUT2D eigenvalue weighted by Crippen LogP contribution is -2.40. The first-order chi connectivity index (χ1) is 22.2. The second kappa shape index (κ2) is 15.6. The topological polar surface area (TPSA) is 124 Å². The van der Waals surface area contributed by atoms with Gasteiger partial charge in [-0.1, -0.05) is 41.7 Å². The molecule has 11 nitrogen and oxygen atoms in total. The number of halogens is 1. The van der Waals surface area contributed by atoms with Crippen LogP contribution in [0, 0.1) is 0 Å². The van der Waals surface area contributed by atoms with Crippen molar-refractivity contribution in [2.24, 2.45) is 4.99 Å². The van der Waals surface area contributed by atoms with E-state index in [1.165, 1.54) is 23.0 Å². The molecule has 46 heavy (non-hydrogen) atoms. The average Bonchev–Trinajstić information content (AvgIpc) is 3.33. The molecule has 244 valence electrons. The number of aromatic nitrogens is 1. The highest BCUT2D eigenvalue weighted by Gasteiger charge is 2.34. The van der Waals surface area contributed by atoms with Crippen LogP contribution in [0.4, 0.5) is 0 Å². The monoisotopic (exact) mass is 670 g/mol. The molecule has 3 aromatic rings. The Labute approximate surface area is 274 Å². The number of hydrogen-bond donors (Lipinski definition) is 0. The molecule has 0 saturated carbocycles. The van der Waals surface area contributed by atoms with Gasteiger partial charge in [0, 0.05) is 0 Å². The third kappa shape index (κ3) is 7.45. The fourth-order valence-corrected chi connectivity index (χ4v) is 6.07. The minimum Gasteiger partial charge on any atom is -0.490 e. The number of benzene rings is 2. The normalized spacial score (nSPS) is 14.2. The van der Waals surface area contributed by atoms with E-state index in [1.807, 2.05) is 6.92 Å². The zero-order valence-corrected chi connectivity index (χ0v) is 27.8. The Morgan fingerprint density at radius 2 is 1.76 bits per heavy atom. The molecule has 13 heteroatoms. The number of nitrogens with zero attached hydrogens (tertiary/aromatic N) is 2. The highest BCUT2D eigenvalue weighted by molar-refractivity contribution is 7.07. The molecule has 0 aliphatic carbocycles. The Balaban J connectivity index is 1.89. The number of ether oxygens (including phenoxy) is 6. The van der Waals surface area contributed by atoms with Gasteiger partial charge in [0.2, 0.25) is 0 Å². The first-order valence-corrected chi connectivity index (χ1v) is 15.7. The van der Waals surface area contributed by atoms with Crippen molar-refractivity contribution in [2.45, 2.75) is 33.7 Å². The number of thiazole rings is 1. The van der Waals surface area contributed by atoms with E-state index in [0.29, 0.717) is 67.4 Å². The first-order valence-electron chi connectivity index (χ1n) is 14.5. The molecule has 1 aromatic heterocycles. The summed E-state index contributed by atoms with van der Waals surface area (Å²) in [4.78, 5) is 44.2. The quantitative estimate of drug-likeness (QED) is 0.182. The summed E-state index contributed by atoms with van der Waals surface area (Å²) in [7, 11) is 1.26. The SMILES string of the molecule is C=CCOc1c(Cl)cc(/C=c2\sc3n(c2=O)[C@@H](c2ccc(OCC(=O)OC)c(OCC)c2)C(C(=O)OCC)=C(C)N=3)cc1OCC. The summed E-state index contributed by atoms with van der Waals surface area (Å²) in [5.41, 5.74) is 1.38. The molecule has 0 bridgehead atoms. The molecule has 0 radical (unpaired) electrons. The molecule has 1 aliphatic rings. The van der Waals surface area contributed by atoms with Crippen LogP contribution in [0.2, 0.25) is 5.02 Å². The van der Waals surface area contributed by atoms with Gasteiger partial charge in [-0.05, 0) is 69.2 Å². The number of allylic oxidation sites excluding steroid dienone is 1. The van der Waals surface area contributed by atoms with Crippen molar-refractivity contribution in [3.05, 3.63) is 90.1 Å². The molecule has 2 heterocycles. The van der Waals surface area contributed by atoms with Crippen molar-refractivity contribution >= 4 is 41.0 Å². The predicted octanol–water partition coefficient (Wildman–Crippen LogP) is 4.37. The molecule has 0 saturated heterocycles. The van der Waals surface area contributed by atoms with Crippen LogP contribution in [0.25, 0.3) is 6.08 Å². The fourth-order valence-electron chi connectivity index (χ4n) is 4.75. The Hall–Kier alpha value is -4.55. The van der Waals surface area contributed by atoms with Gasteiger partial charge >= 0.3 is 11.9 Å². The van der Waals surface area contributed by atoms with Crippen LogP contribution >= 0.6 is 22.9 Å². The number of fused-ring (bicyclic) bond motifs is 1. The molecule has 1 aliphatic heterocycles. The van der Waals surface area contributed by atoms with Crippen LogP contribution in [0.3, 0.4) is 0 Å². The van der Waals surface area contributed by atoms with Crippen LogP contribution in [0.5, 0.6) is 23.0 Å². The second-order valence-electron chi connectivity index (χ2n) is 9.67. The van der Waals surface area contributed by atoms with Gasteiger partial charge in [0.15, 0.2) is 34.4 Å². The van der Waals surface area contributed by atoms with Gasteiger partial charge in [-0.3, -0.25) is 9.36 Å². The van der Waals surface area contributed by atoms with Crippen molar-refractivity contribution < 1.29 is 38.0 Å². The fraction of sp³-hybridized carbons (Fsp3) is 0.333. The van der Waals surface area contributed by atoms with Crippen LogP contribution in [-0.4, -0.2) is 56.6 Å². The highest BCUT2D eigenvalue weighted by Crippen LogP contribution is 2.38. The van der Waals surface area contributed by atoms with Crippen molar-refractivity contribution in [3.63, 3.8) is 0 Å². The Morgan fingerprint density at radius 3 is 2.43 bits per heavy atom. The lowest BCUT2D eigenvalue weighted by Gasteiger charge is -2.25. The molecular formula is C33H35ClN2O9S. The zero-order valence-electron chi connectivity index (χ0n) is 26.2. The Kier molecular flexibility index (Phi) is 11.7. The third-order valence-electron chi connectivity index (χ3n) is 6.65. The molecule has 4 rings (SSSR count). The van der Waals surface area contributed by atoms with E-state index < -0.39 is 18.0 Å². The molecule has 0 spiro atoms. The van der Waals surface area contributed by atoms with Gasteiger partial charge in [-0.15, -0.1) is 0 Å². The van der Waals surface area contributed by atoms with E-state index in [-0.39, 0.29) is 31.0 Å². The van der Waals surface area contributed by atoms with Gasteiger partial charge in [0.25, 0.3) is 5.56 Å². The Morgan fingerprint density at radius 1 is 1.02 bits per heavy atom. The first kappa shape index (κ1) is 34.3. The maximum absolute atomic E-state index is 14.1. The van der Waals surface area contributed by atoms with Crippen molar-refractivity contribution in [2.75, 3.05) is 40.1 Å². The summed E-state index contributed by atoms with van der Waals surface area (Å²) in [5, 5.41) is 0.308. The number of esters is 2. The van der Waals surface area contributed by atoms with Gasteiger partial charge < -0.3 is 28.4 Å². The summed E-state index contributed by atoms with van der Waals surface area (Å²) in [6, 6.07) is 7.50. The van der Waals surface area contributed by atoms with E-state index in [9.17, 15) is 14.4 Å². The maximum Gasteiger partial charge on any atom is 0.343 e. The summed E-state index contributed by atoms with van der Waals surface area (Å²) in [6.45, 7) is 11.4. The number of methoxy groups -OCH3 is 1. The van der Waals surface area contributed by atoms with Crippen LogP contribution in [0.15, 0.2) is 64.0 Å². The molecule has 2 aromatic carbocycles. The number of rotatable bonds is 14. The lowest BCUT2D eigenvalue weighted by atomic mass is 9.95. The third-order valence-corrected chi connectivity index (χ3v) is 7.91. The largest absolute Gasteiger partial charge is 0.490 e. The lowest BCUT2D eigenvalue weighted by molar-refractivity contribution is -0.143. The van der Waals surface area contributed by atoms with Crippen LogP contribution < -0.4 is 33.8 Å². The minimum atomic E-state index is -0.899. The number of carbonyl (C=O) groups excluding carboxylic acids is 2. The van der Waals surface area contributed by atoms with E-state index in [2.05, 4.69) is 16.3 Å². The summed E-state index contributed by atoms with van der Waals surface area (Å²) < 4.78 is 34.8. The highest BCUT2D eigenvalue weighted by atomic mass is 35.5. The molecule has 0 unspecified atom stereocenters. The predicted molar refractivity (Wildman–Crippen MR) is 174 cm³/mol. The Bertz CT molecular complexity index is 1840. The zero-order chi connectivity index (χ0) is 33.4. The second-order valence-corrected chi connectivity index (χ2v) is 11.1. The standard InChI is InChI=1S/C33H35ClN2O9S/c1-7-13-44-30-22(34)14-20(15-25(30)42-9-3)16-26-31(38)36-29(28(32(39)43-10-4)19(5)35-33(36)46-26)21-11-12-23(24(17-21)41-8-2)45-18-27(37)40-6/h7,11-12,14-17,29H,1,8-10,13,18H2,2-6H3/b26-16-/t29-/m0/s1. The number of hydrogen-bond acceptors (Lipinski definition) is 11. The molecule has 0 amide bonds. The van der Waals surface area contributed by atoms with Crippen LogP contribution in [-0.2, 0) is 19.1 Å². The molecule has 0 fully saturated rings.